The normalized spacial score (nSPS) is 11.7. The average Bonchev–Trinajstić information content (AvgIpc) is 2.89. The molecule has 114 valence electrons. The average molecular weight is 369 g/mol. The lowest BCUT2D eigenvalue weighted by atomic mass is 9.93. The van der Waals surface area contributed by atoms with Crippen LogP contribution in [0.25, 0.3) is 0 Å². The molecule has 0 fully saturated rings. The molecule has 1 heterocycles. The molecule has 21 heavy (non-hydrogen) atoms. The summed E-state index contributed by atoms with van der Waals surface area (Å²) in [6.45, 7) is 7.63. The van der Waals surface area contributed by atoms with E-state index in [0.717, 1.165) is 27.3 Å². The minimum atomic E-state index is 0.0840. The van der Waals surface area contributed by atoms with Gasteiger partial charge in [0.1, 0.15) is 17.4 Å². The Kier molecular flexibility index (Phi) is 5.41. The molecule has 1 aromatic carbocycles. The van der Waals surface area contributed by atoms with Gasteiger partial charge in [0, 0.05) is 15.3 Å². The Morgan fingerprint density at radius 2 is 2.10 bits per heavy atom. The Morgan fingerprint density at radius 1 is 1.33 bits per heavy atom. The van der Waals surface area contributed by atoms with Gasteiger partial charge in [0.05, 0.1) is 5.69 Å². The van der Waals surface area contributed by atoms with Crippen molar-refractivity contribution in [2.24, 2.45) is 5.73 Å². The highest BCUT2D eigenvalue weighted by atomic mass is 79.9. The van der Waals surface area contributed by atoms with E-state index in [1.807, 2.05) is 18.2 Å². The topological polar surface area (TPSA) is 48.1 Å². The number of nitrogens with two attached hydrogens (primary N) is 1. The van der Waals surface area contributed by atoms with Gasteiger partial charge >= 0.3 is 0 Å². The quantitative estimate of drug-likeness (QED) is 0.856. The van der Waals surface area contributed by atoms with E-state index in [-0.39, 0.29) is 5.41 Å². The van der Waals surface area contributed by atoms with Crippen LogP contribution >= 0.6 is 27.3 Å². The Bertz CT molecular complexity index is 605. The minimum absolute atomic E-state index is 0.0840. The first-order valence-electron chi connectivity index (χ1n) is 6.96. The Labute approximate surface area is 138 Å². The van der Waals surface area contributed by atoms with E-state index >= 15 is 0 Å². The van der Waals surface area contributed by atoms with E-state index in [4.69, 9.17) is 10.5 Å². The third kappa shape index (κ3) is 4.53. The lowest BCUT2D eigenvalue weighted by Gasteiger charge is -2.14. The smallest absolute Gasteiger partial charge is 0.140 e. The van der Waals surface area contributed by atoms with Crippen LogP contribution in [0.1, 0.15) is 37.0 Å². The molecule has 0 spiro atoms. The third-order valence-electron chi connectivity index (χ3n) is 3.11. The van der Waals surface area contributed by atoms with Crippen LogP contribution in [0.15, 0.2) is 28.1 Å². The van der Waals surface area contributed by atoms with Gasteiger partial charge in [-0.05, 0) is 36.7 Å². The van der Waals surface area contributed by atoms with Crippen LogP contribution < -0.4 is 10.5 Å². The van der Waals surface area contributed by atoms with Crippen molar-refractivity contribution in [1.29, 1.82) is 0 Å². The highest BCUT2D eigenvalue weighted by Crippen LogP contribution is 2.26. The van der Waals surface area contributed by atoms with Gasteiger partial charge in [-0.2, -0.15) is 0 Å². The second-order valence-electron chi connectivity index (χ2n) is 5.96. The molecular formula is C16H21BrN2OS. The summed E-state index contributed by atoms with van der Waals surface area (Å²) in [7, 11) is 0. The summed E-state index contributed by atoms with van der Waals surface area (Å²) < 4.78 is 6.92. The van der Waals surface area contributed by atoms with Gasteiger partial charge in [0.15, 0.2) is 0 Å². The first kappa shape index (κ1) is 16.5. The summed E-state index contributed by atoms with van der Waals surface area (Å²) in [4.78, 5) is 4.64. The van der Waals surface area contributed by atoms with Gasteiger partial charge in [0.25, 0.3) is 0 Å². The van der Waals surface area contributed by atoms with Crippen molar-refractivity contribution >= 4 is 27.3 Å². The summed E-state index contributed by atoms with van der Waals surface area (Å²) in [6.07, 6.45) is 0.837. The number of ether oxygens (including phenoxy) is 1. The summed E-state index contributed by atoms with van der Waals surface area (Å²) in [5.41, 5.74) is 7.99. The number of benzene rings is 1. The molecule has 1 aromatic heterocycles. The van der Waals surface area contributed by atoms with E-state index in [0.29, 0.717) is 13.2 Å². The molecule has 0 saturated heterocycles. The number of thiazole rings is 1. The van der Waals surface area contributed by atoms with Crippen molar-refractivity contribution in [1.82, 2.24) is 4.98 Å². The molecule has 5 heteroatoms. The number of hydrogen-bond donors (Lipinski definition) is 1. The van der Waals surface area contributed by atoms with Gasteiger partial charge < -0.3 is 10.5 Å². The monoisotopic (exact) mass is 368 g/mol. The molecule has 2 aromatic rings. The summed E-state index contributed by atoms with van der Waals surface area (Å²) >= 11 is 5.18. The SMILES string of the molecule is CC(C)(C)c1csc(COc2ccc(Br)c(CCN)c2)n1. The zero-order chi connectivity index (χ0) is 15.5. The van der Waals surface area contributed by atoms with Crippen molar-refractivity contribution in [2.75, 3.05) is 6.54 Å². The van der Waals surface area contributed by atoms with Gasteiger partial charge in [-0.25, -0.2) is 4.98 Å². The highest BCUT2D eigenvalue weighted by molar-refractivity contribution is 9.10. The maximum absolute atomic E-state index is 5.85. The summed E-state index contributed by atoms with van der Waals surface area (Å²) in [5.74, 6) is 0.856. The Morgan fingerprint density at radius 3 is 2.71 bits per heavy atom. The zero-order valence-corrected chi connectivity index (χ0v) is 15.1. The van der Waals surface area contributed by atoms with Gasteiger partial charge in [-0.1, -0.05) is 36.7 Å². The summed E-state index contributed by atoms with van der Waals surface area (Å²) in [5, 5.41) is 3.11. The second-order valence-corrected chi connectivity index (χ2v) is 7.75. The second kappa shape index (κ2) is 6.90. The standard InChI is InChI=1S/C16H21BrN2OS/c1-16(2,3)14-10-21-15(19-14)9-20-12-4-5-13(17)11(8-12)6-7-18/h4-5,8,10H,6-7,9,18H2,1-3H3. The molecule has 0 atom stereocenters. The fourth-order valence-corrected chi connectivity index (χ4v) is 3.23. The fourth-order valence-electron chi connectivity index (χ4n) is 1.85. The molecule has 0 bridgehead atoms. The number of nitrogens with zero attached hydrogens (tertiary/aromatic N) is 1. The molecular weight excluding hydrogens is 348 g/mol. The molecule has 2 rings (SSSR count). The van der Waals surface area contributed by atoms with Crippen molar-refractivity contribution in [3.63, 3.8) is 0 Å². The largest absolute Gasteiger partial charge is 0.486 e. The predicted molar refractivity (Wildman–Crippen MR) is 92.0 cm³/mol. The van der Waals surface area contributed by atoms with Gasteiger partial charge in [-0.3, -0.25) is 0 Å². The van der Waals surface area contributed by atoms with E-state index in [1.165, 1.54) is 5.56 Å². The van der Waals surface area contributed by atoms with E-state index in [2.05, 4.69) is 47.1 Å². The van der Waals surface area contributed by atoms with Crippen LogP contribution in [0.5, 0.6) is 5.75 Å². The zero-order valence-electron chi connectivity index (χ0n) is 12.6. The van der Waals surface area contributed by atoms with Gasteiger partial charge in [-0.15, -0.1) is 11.3 Å². The third-order valence-corrected chi connectivity index (χ3v) is 4.71. The number of rotatable bonds is 5. The number of halogens is 1. The first-order valence-corrected chi connectivity index (χ1v) is 8.63. The lowest BCUT2D eigenvalue weighted by Crippen LogP contribution is -2.11. The van der Waals surface area contributed by atoms with E-state index < -0.39 is 0 Å². The van der Waals surface area contributed by atoms with Crippen molar-refractivity contribution in [3.05, 3.63) is 44.3 Å². The van der Waals surface area contributed by atoms with Crippen molar-refractivity contribution in [2.45, 2.75) is 39.2 Å². The van der Waals surface area contributed by atoms with Crippen LogP contribution in [-0.4, -0.2) is 11.5 Å². The first-order chi connectivity index (χ1) is 9.90. The molecule has 0 amide bonds. The van der Waals surface area contributed by atoms with Crippen molar-refractivity contribution < 1.29 is 4.74 Å². The van der Waals surface area contributed by atoms with Crippen LogP contribution in [0.2, 0.25) is 0 Å². The van der Waals surface area contributed by atoms with E-state index in [9.17, 15) is 0 Å². The Hall–Kier alpha value is -0.910. The number of aromatic nitrogens is 1. The molecule has 0 radical (unpaired) electrons. The van der Waals surface area contributed by atoms with Crippen LogP contribution in [0.4, 0.5) is 0 Å². The van der Waals surface area contributed by atoms with Crippen LogP contribution in [-0.2, 0) is 18.4 Å². The molecule has 0 saturated carbocycles. The maximum atomic E-state index is 5.85. The minimum Gasteiger partial charge on any atom is -0.486 e. The predicted octanol–water partition coefficient (Wildman–Crippen LogP) is 4.28. The van der Waals surface area contributed by atoms with Crippen LogP contribution in [0.3, 0.4) is 0 Å². The highest BCUT2D eigenvalue weighted by Gasteiger charge is 2.17. The maximum Gasteiger partial charge on any atom is 0.140 e. The van der Waals surface area contributed by atoms with E-state index in [1.54, 1.807) is 11.3 Å². The Balaban J connectivity index is 2.03. The number of hydrogen-bond acceptors (Lipinski definition) is 4. The molecule has 3 nitrogen and oxygen atoms in total. The molecule has 0 unspecified atom stereocenters. The van der Waals surface area contributed by atoms with Gasteiger partial charge in [0.2, 0.25) is 0 Å². The lowest BCUT2D eigenvalue weighted by molar-refractivity contribution is 0.304. The molecule has 0 aliphatic heterocycles. The summed E-state index contributed by atoms with van der Waals surface area (Å²) in [6, 6.07) is 6.00. The van der Waals surface area contributed by atoms with Crippen molar-refractivity contribution in [3.8, 4) is 5.75 Å². The molecule has 0 aliphatic carbocycles. The van der Waals surface area contributed by atoms with Crippen LogP contribution in [0, 0.1) is 0 Å². The molecule has 2 N–H and O–H groups in total. The fraction of sp³-hybridized carbons (Fsp3) is 0.438. The molecule has 0 aliphatic rings.